The topological polar surface area (TPSA) is 98.0 Å². The third kappa shape index (κ3) is 3.09. The highest BCUT2D eigenvalue weighted by molar-refractivity contribution is 7.95. The molecule has 0 saturated carbocycles. The van der Waals surface area contributed by atoms with Crippen molar-refractivity contribution >= 4 is 43.9 Å². The summed E-state index contributed by atoms with van der Waals surface area (Å²) in [7, 11) is -3.62. The fraction of sp³-hybridized carbons (Fsp3) is 0.571. The summed E-state index contributed by atoms with van der Waals surface area (Å²) in [6, 6.07) is 0. The minimum atomic E-state index is -3.62. The van der Waals surface area contributed by atoms with Gasteiger partial charge in [-0.25, -0.2) is 13.4 Å². The number of hydrogen-bond acceptors (Lipinski definition) is 6. The van der Waals surface area contributed by atoms with Gasteiger partial charge in [0, 0.05) is 11.5 Å². The fourth-order valence-corrected chi connectivity index (χ4v) is 3.76. The second-order valence-corrected chi connectivity index (χ2v) is 6.18. The van der Waals surface area contributed by atoms with Gasteiger partial charge in [0.05, 0.1) is 4.99 Å². The Bertz CT molecular complexity index is 482. The van der Waals surface area contributed by atoms with Gasteiger partial charge in [-0.05, 0) is 13.3 Å². The molecule has 0 aliphatic carbocycles. The third-order valence-electron chi connectivity index (χ3n) is 1.82. The first kappa shape index (κ1) is 13.3. The van der Waals surface area contributed by atoms with Gasteiger partial charge >= 0.3 is 0 Å². The van der Waals surface area contributed by atoms with Gasteiger partial charge in [0.15, 0.2) is 0 Å². The molecule has 9 heteroatoms. The summed E-state index contributed by atoms with van der Waals surface area (Å²) in [4.78, 5) is 3.86. The van der Waals surface area contributed by atoms with E-state index in [-0.39, 0.29) is 10.1 Å². The SMILES string of the molecule is CCC(C(N)=S)S(=O)(=O)Nc1nc(C)ns1. The van der Waals surface area contributed by atoms with Gasteiger partial charge in [-0.1, -0.05) is 19.1 Å². The van der Waals surface area contributed by atoms with E-state index in [1.54, 1.807) is 13.8 Å². The van der Waals surface area contributed by atoms with E-state index >= 15 is 0 Å². The van der Waals surface area contributed by atoms with Crippen LogP contribution in [-0.2, 0) is 10.0 Å². The number of hydrogen-bond donors (Lipinski definition) is 2. The standard InChI is InChI=1S/C7H12N4O2S3/c1-3-5(6(8)14)16(12,13)11-7-9-4(2)10-15-7/h5H,3H2,1-2H3,(H2,8,14)(H,9,10,11). The molecular weight excluding hydrogens is 268 g/mol. The van der Waals surface area contributed by atoms with Crippen LogP contribution in [0, 0.1) is 6.92 Å². The molecule has 1 unspecified atom stereocenters. The molecular formula is C7H12N4O2S3. The Kier molecular flexibility index (Phi) is 4.16. The van der Waals surface area contributed by atoms with Crippen LogP contribution in [0.3, 0.4) is 0 Å². The summed E-state index contributed by atoms with van der Waals surface area (Å²) in [5, 5.41) is -0.654. The average molecular weight is 280 g/mol. The molecule has 0 saturated heterocycles. The second kappa shape index (κ2) is 5.02. The first-order valence-electron chi connectivity index (χ1n) is 4.48. The zero-order valence-electron chi connectivity index (χ0n) is 8.80. The second-order valence-electron chi connectivity index (χ2n) is 3.09. The van der Waals surface area contributed by atoms with Gasteiger partial charge in [0.2, 0.25) is 15.2 Å². The molecule has 3 N–H and O–H groups in total. The maximum Gasteiger partial charge on any atom is 0.243 e. The smallest absolute Gasteiger partial charge is 0.243 e. The molecule has 1 heterocycles. The van der Waals surface area contributed by atoms with Crippen LogP contribution in [0.4, 0.5) is 5.13 Å². The summed E-state index contributed by atoms with van der Waals surface area (Å²) in [6.45, 7) is 3.38. The number of rotatable bonds is 5. The number of nitrogens with two attached hydrogens (primary N) is 1. The van der Waals surface area contributed by atoms with Crippen molar-refractivity contribution in [1.82, 2.24) is 9.36 Å². The number of nitrogens with zero attached hydrogens (tertiary/aromatic N) is 2. The van der Waals surface area contributed by atoms with Crippen LogP contribution in [0.15, 0.2) is 0 Å². The lowest BCUT2D eigenvalue weighted by molar-refractivity contribution is 0.594. The van der Waals surface area contributed by atoms with Crippen LogP contribution in [0.5, 0.6) is 0 Å². The summed E-state index contributed by atoms with van der Waals surface area (Å²) >= 11 is 5.69. The van der Waals surface area contributed by atoms with Crippen molar-refractivity contribution in [3.8, 4) is 0 Å². The molecule has 16 heavy (non-hydrogen) atoms. The van der Waals surface area contributed by atoms with Crippen molar-refractivity contribution < 1.29 is 8.42 Å². The number of aryl methyl sites for hydroxylation is 1. The zero-order valence-corrected chi connectivity index (χ0v) is 11.2. The molecule has 90 valence electrons. The van der Waals surface area contributed by atoms with Crippen molar-refractivity contribution in [1.29, 1.82) is 0 Å². The molecule has 0 fully saturated rings. The number of aromatic nitrogens is 2. The summed E-state index contributed by atoms with van der Waals surface area (Å²) < 4.78 is 29.9. The number of sulfonamides is 1. The summed E-state index contributed by atoms with van der Waals surface area (Å²) in [5.74, 6) is 0.520. The molecule has 0 spiro atoms. The largest absolute Gasteiger partial charge is 0.392 e. The molecule has 0 radical (unpaired) electrons. The number of anilines is 1. The van der Waals surface area contributed by atoms with E-state index in [9.17, 15) is 8.42 Å². The molecule has 0 amide bonds. The van der Waals surface area contributed by atoms with E-state index in [0.29, 0.717) is 12.2 Å². The minimum absolute atomic E-state index is 0.0452. The van der Waals surface area contributed by atoms with E-state index < -0.39 is 15.3 Å². The maximum absolute atomic E-state index is 11.8. The molecule has 0 aliphatic heterocycles. The van der Waals surface area contributed by atoms with Gasteiger partial charge in [0.1, 0.15) is 11.1 Å². The van der Waals surface area contributed by atoms with Gasteiger partial charge in [-0.2, -0.15) is 4.37 Å². The Labute approximate surface area is 103 Å². The van der Waals surface area contributed by atoms with Crippen molar-refractivity contribution in [2.45, 2.75) is 25.5 Å². The van der Waals surface area contributed by atoms with Crippen LogP contribution in [0.2, 0.25) is 0 Å². The van der Waals surface area contributed by atoms with E-state index in [0.717, 1.165) is 11.5 Å². The normalized spacial score (nSPS) is 13.4. The minimum Gasteiger partial charge on any atom is -0.392 e. The van der Waals surface area contributed by atoms with E-state index in [4.69, 9.17) is 18.0 Å². The molecule has 1 aromatic rings. The lowest BCUT2D eigenvalue weighted by Crippen LogP contribution is -2.37. The summed E-state index contributed by atoms with van der Waals surface area (Å²) in [6.07, 6.45) is 0.322. The molecule has 6 nitrogen and oxygen atoms in total. The van der Waals surface area contributed by atoms with Crippen molar-refractivity contribution in [2.75, 3.05) is 4.72 Å². The van der Waals surface area contributed by atoms with Crippen LogP contribution >= 0.6 is 23.8 Å². The Balaban J connectivity index is 2.90. The highest BCUT2D eigenvalue weighted by Gasteiger charge is 2.27. The van der Waals surface area contributed by atoms with E-state index in [2.05, 4.69) is 14.1 Å². The fourth-order valence-electron chi connectivity index (χ4n) is 1.10. The maximum atomic E-state index is 11.8. The summed E-state index contributed by atoms with van der Waals surface area (Å²) in [5.41, 5.74) is 5.37. The predicted molar refractivity (Wildman–Crippen MR) is 68.1 cm³/mol. The van der Waals surface area contributed by atoms with Gasteiger partial charge < -0.3 is 5.73 Å². The molecule has 0 bridgehead atoms. The monoisotopic (exact) mass is 280 g/mol. The van der Waals surface area contributed by atoms with Gasteiger partial charge in [-0.3, -0.25) is 4.72 Å². The Hall–Kier alpha value is -0.800. The molecule has 0 aliphatic rings. The van der Waals surface area contributed by atoms with Crippen molar-refractivity contribution in [3.05, 3.63) is 5.82 Å². The van der Waals surface area contributed by atoms with Crippen LogP contribution in [0.1, 0.15) is 19.2 Å². The van der Waals surface area contributed by atoms with Crippen LogP contribution in [-0.4, -0.2) is 28.0 Å². The Morgan fingerprint density at radius 1 is 1.69 bits per heavy atom. The number of thiocarbonyl (C=S) groups is 1. The quantitative estimate of drug-likeness (QED) is 0.769. The lowest BCUT2D eigenvalue weighted by Gasteiger charge is -2.13. The first-order valence-corrected chi connectivity index (χ1v) is 7.21. The third-order valence-corrected chi connectivity index (χ3v) is 4.92. The van der Waals surface area contributed by atoms with Crippen molar-refractivity contribution in [3.63, 3.8) is 0 Å². The highest BCUT2D eigenvalue weighted by Crippen LogP contribution is 2.16. The number of nitrogens with one attached hydrogen (secondary N) is 1. The van der Waals surface area contributed by atoms with Gasteiger partial charge in [0.25, 0.3) is 0 Å². The first-order chi connectivity index (χ1) is 7.36. The predicted octanol–water partition coefficient (Wildman–Crippen LogP) is 0.653. The zero-order chi connectivity index (χ0) is 12.3. The molecule has 1 rings (SSSR count). The molecule has 1 atom stereocenters. The average Bonchev–Trinajstić information content (AvgIpc) is 2.49. The molecule has 0 aromatic carbocycles. The Morgan fingerprint density at radius 2 is 2.31 bits per heavy atom. The molecule has 1 aromatic heterocycles. The van der Waals surface area contributed by atoms with Crippen LogP contribution in [0.25, 0.3) is 0 Å². The van der Waals surface area contributed by atoms with E-state index in [1.807, 2.05) is 0 Å². The van der Waals surface area contributed by atoms with E-state index in [1.165, 1.54) is 0 Å². The van der Waals surface area contributed by atoms with Crippen LogP contribution < -0.4 is 10.5 Å². The Morgan fingerprint density at radius 3 is 2.69 bits per heavy atom. The highest BCUT2D eigenvalue weighted by atomic mass is 32.2. The van der Waals surface area contributed by atoms with Gasteiger partial charge in [-0.15, -0.1) is 0 Å². The van der Waals surface area contributed by atoms with Crippen molar-refractivity contribution in [2.24, 2.45) is 5.73 Å². The lowest BCUT2D eigenvalue weighted by atomic mass is 10.3.